The maximum atomic E-state index is 9.10. The van der Waals surface area contributed by atoms with E-state index in [-0.39, 0.29) is 5.60 Å². The van der Waals surface area contributed by atoms with Crippen LogP contribution < -0.4 is 0 Å². The van der Waals surface area contributed by atoms with Crippen molar-refractivity contribution in [2.75, 3.05) is 19.6 Å². The number of benzene rings is 2. The van der Waals surface area contributed by atoms with Gasteiger partial charge in [-0.1, -0.05) is 42.5 Å². The molecule has 8 heteroatoms. The molecule has 1 fully saturated rings. The number of aromatic nitrogens is 2. The minimum atomic E-state index is -1.82. The van der Waals surface area contributed by atoms with Crippen molar-refractivity contribution in [1.82, 2.24) is 14.7 Å². The van der Waals surface area contributed by atoms with Crippen molar-refractivity contribution in [1.29, 1.82) is 0 Å². The topological polar surface area (TPSA) is 105 Å². The zero-order valence-corrected chi connectivity index (χ0v) is 20.9. The van der Waals surface area contributed by atoms with E-state index in [1.807, 2.05) is 0 Å². The lowest BCUT2D eigenvalue weighted by Crippen LogP contribution is -2.43. The number of hydrogen-bond acceptors (Lipinski definition) is 5. The van der Waals surface area contributed by atoms with Gasteiger partial charge in [-0.05, 0) is 79.8 Å². The molecule has 194 valence electrons. The number of carboxylic acids is 2. The summed E-state index contributed by atoms with van der Waals surface area (Å²) in [6.45, 7) is 4.24. The molecule has 6 rings (SSSR count). The van der Waals surface area contributed by atoms with Gasteiger partial charge in [0.05, 0.1) is 24.1 Å². The van der Waals surface area contributed by atoms with Gasteiger partial charge >= 0.3 is 11.9 Å². The summed E-state index contributed by atoms with van der Waals surface area (Å²) in [6.07, 6.45) is 9.31. The van der Waals surface area contributed by atoms with Gasteiger partial charge in [0.1, 0.15) is 0 Å². The summed E-state index contributed by atoms with van der Waals surface area (Å²) < 4.78 is 8.52. The first-order chi connectivity index (χ1) is 18.0. The SMILES string of the molecule is O=C(O)C(=O)O.c1ccc(-n2ncc3c2CCCC3CCN2CCC3(CC2)OCc2ccccc23)cc1. The van der Waals surface area contributed by atoms with Crippen LogP contribution in [0, 0.1) is 0 Å². The molecule has 2 aromatic carbocycles. The quantitative estimate of drug-likeness (QED) is 0.510. The van der Waals surface area contributed by atoms with Crippen LogP contribution in [0.15, 0.2) is 60.8 Å². The summed E-state index contributed by atoms with van der Waals surface area (Å²) in [7, 11) is 0. The van der Waals surface area contributed by atoms with E-state index >= 15 is 0 Å². The number of ether oxygens (including phenoxy) is 1. The van der Waals surface area contributed by atoms with Crippen molar-refractivity contribution < 1.29 is 24.5 Å². The smallest absolute Gasteiger partial charge is 0.414 e. The molecular formula is C29H33N3O5. The van der Waals surface area contributed by atoms with Gasteiger partial charge in [-0.2, -0.15) is 5.10 Å². The highest BCUT2D eigenvalue weighted by Crippen LogP contribution is 2.44. The van der Waals surface area contributed by atoms with Crippen molar-refractivity contribution >= 4 is 11.9 Å². The number of likely N-dealkylation sites (tertiary alicyclic amines) is 1. The highest BCUT2D eigenvalue weighted by Gasteiger charge is 2.42. The molecule has 2 aliphatic heterocycles. The van der Waals surface area contributed by atoms with E-state index in [4.69, 9.17) is 29.6 Å². The minimum Gasteiger partial charge on any atom is -0.473 e. The van der Waals surface area contributed by atoms with Crippen LogP contribution in [-0.4, -0.2) is 56.5 Å². The Hall–Kier alpha value is -3.49. The van der Waals surface area contributed by atoms with E-state index < -0.39 is 11.9 Å². The molecule has 1 unspecified atom stereocenters. The fraction of sp³-hybridized carbons (Fsp3) is 0.414. The number of para-hydroxylation sites is 1. The molecule has 2 N–H and O–H groups in total. The summed E-state index contributed by atoms with van der Waals surface area (Å²) in [5.41, 5.74) is 6.90. The van der Waals surface area contributed by atoms with Gasteiger partial charge in [0.2, 0.25) is 0 Å². The Kier molecular flexibility index (Phi) is 7.39. The largest absolute Gasteiger partial charge is 0.473 e. The fourth-order valence-electron chi connectivity index (χ4n) is 6.01. The Bertz CT molecular complexity index is 1240. The van der Waals surface area contributed by atoms with Crippen LogP contribution in [0.2, 0.25) is 0 Å². The molecule has 0 saturated carbocycles. The minimum absolute atomic E-state index is 0.0259. The van der Waals surface area contributed by atoms with E-state index in [1.165, 1.54) is 53.9 Å². The summed E-state index contributed by atoms with van der Waals surface area (Å²) >= 11 is 0. The van der Waals surface area contributed by atoms with Crippen LogP contribution in [0.5, 0.6) is 0 Å². The number of nitrogens with zero attached hydrogens (tertiary/aromatic N) is 3. The molecule has 37 heavy (non-hydrogen) atoms. The molecule has 1 saturated heterocycles. The van der Waals surface area contributed by atoms with Crippen LogP contribution >= 0.6 is 0 Å². The standard InChI is InChI=1S/C27H31N3O.C2H2O4/c1-2-9-23(10-3-1)30-26-12-6-8-21(24(26)19-28-30)13-16-29-17-14-27(15-18-29)25-11-5-4-7-22(25)20-31-27;3-1(4)2(5)6/h1-5,7,9-11,19,21H,6,8,12-18,20H2;(H,3,4)(H,5,6). The summed E-state index contributed by atoms with van der Waals surface area (Å²) in [4.78, 5) is 20.9. The van der Waals surface area contributed by atoms with Gasteiger partial charge in [0.25, 0.3) is 0 Å². The monoisotopic (exact) mass is 503 g/mol. The first kappa shape index (κ1) is 25.2. The van der Waals surface area contributed by atoms with Gasteiger partial charge in [0, 0.05) is 18.8 Å². The second kappa shape index (κ2) is 10.9. The zero-order chi connectivity index (χ0) is 25.8. The number of aliphatic carboxylic acids is 2. The summed E-state index contributed by atoms with van der Waals surface area (Å²) in [6, 6.07) is 19.4. The van der Waals surface area contributed by atoms with Gasteiger partial charge in [-0.3, -0.25) is 0 Å². The summed E-state index contributed by atoms with van der Waals surface area (Å²) in [5, 5.41) is 19.6. The first-order valence-corrected chi connectivity index (χ1v) is 13.0. The number of piperidine rings is 1. The van der Waals surface area contributed by atoms with E-state index in [2.05, 4.69) is 70.4 Å². The van der Waals surface area contributed by atoms with E-state index in [0.717, 1.165) is 39.0 Å². The van der Waals surface area contributed by atoms with Crippen molar-refractivity contribution in [3.8, 4) is 5.69 Å². The van der Waals surface area contributed by atoms with E-state index in [9.17, 15) is 0 Å². The Balaban J connectivity index is 0.000000421. The molecule has 0 amide bonds. The van der Waals surface area contributed by atoms with Gasteiger partial charge < -0.3 is 19.8 Å². The van der Waals surface area contributed by atoms with Crippen molar-refractivity contribution in [3.63, 3.8) is 0 Å². The van der Waals surface area contributed by atoms with Crippen molar-refractivity contribution in [3.05, 3.63) is 83.2 Å². The third-order valence-electron chi connectivity index (χ3n) is 7.96. The first-order valence-electron chi connectivity index (χ1n) is 13.0. The molecule has 0 radical (unpaired) electrons. The van der Waals surface area contributed by atoms with Crippen LogP contribution in [-0.2, 0) is 33.0 Å². The lowest BCUT2D eigenvalue weighted by molar-refractivity contribution is -0.159. The number of rotatable bonds is 4. The lowest BCUT2D eigenvalue weighted by atomic mass is 9.82. The predicted molar refractivity (Wildman–Crippen MR) is 138 cm³/mol. The Morgan fingerprint density at radius 3 is 2.43 bits per heavy atom. The second-order valence-electron chi connectivity index (χ2n) is 10.1. The molecule has 3 heterocycles. The number of fused-ring (bicyclic) bond motifs is 3. The molecule has 0 bridgehead atoms. The summed E-state index contributed by atoms with van der Waals surface area (Å²) in [5.74, 6) is -3.01. The van der Waals surface area contributed by atoms with Crippen molar-refractivity contribution in [2.45, 2.75) is 56.7 Å². The predicted octanol–water partition coefficient (Wildman–Crippen LogP) is 4.36. The normalized spacial score (nSPS) is 19.9. The lowest BCUT2D eigenvalue weighted by Gasteiger charge is -2.39. The number of hydrogen-bond donors (Lipinski definition) is 2. The number of carboxylic acid groups (broad SMARTS) is 2. The van der Waals surface area contributed by atoms with Crippen LogP contribution in [0.25, 0.3) is 5.69 Å². The van der Waals surface area contributed by atoms with Crippen molar-refractivity contribution in [2.24, 2.45) is 0 Å². The highest BCUT2D eigenvalue weighted by molar-refractivity contribution is 6.27. The molecule has 3 aliphatic rings. The third-order valence-corrected chi connectivity index (χ3v) is 7.96. The molecule has 1 aromatic heterocycles. The fourth-order valence-corrected chi connectivity index (χ4v) is 6.01. The second-order valence-corrected chi connectivity index (χ2v) is 10.1. The van der Waals surface area contributed by atoms with Gasteiger partial charge in [-0.15, -0.1) is 0 Å². The van der Waals surface area contributed by atoms with Gasteiger partial charge in [-0.25, -0.2) is 14.3 Å². The number of carbonyl (C=O) groups is 2. The van der Waals surface area contributed by atoms with E-state index in [1.54, 1.807) is 0 Å². The molecule has 1 spiro atoms. The van der Waals surface area contributed by atoms with E-state index in [0.29, 0.717) is 5.92 Å². The molecule has 3 aromatic rings. The average Bonchev–Trinajstić information content (AvgIpc) is 3.52. The molecule has 1 aliphatic carbocycles. The Morgan fingerprint density at radius 1 is 1.00 bits per heavy atom. The van der Waals surface area contributed by atoms with Crippen LogP contribution in [0.1, 0.15) is 60.4 Å². The van der Waals surface area contributed by atoms with Gasteiger partial charge in [0.15, 0.2) is 0 Å². The van der Waals surface area contributed by atoms with Crippen LogP contribution in [0.3, 0.4) is 0 Å². The molecule has 8 nitrogen and oxygen atoms in total. The third kappa shape index (κ3) is 5.31. The molecular weight excluding hydrogens is 470 g/mol. The van der Waals surface area contributed by atoms with Crippen LogP contribution in [0.4, 0.5) is 0 Å². The zero-order valence-electron chi connectivity index (χ0n) is 20.9. The highest BCUT2D eigenvalue weighted by atomic mass is 16.5. The Morgan fingerprint density at radius 2 is 1.70 bits per heavy atom. The molecule has 1 atom stereocenters. The Labute approximate surface area is 216 Å². The maximum Gasteiger partial charge on any atom is 0.414 e. The average molecular weight is 504 g/mol. The maximum absolute atomic E-state index is 9.10.